The number of nitrogens with one attached hydrogen (secondary N) is 2. The van der Waals surface area contributed by atoms with Crippen LogP contribution in [0.15, 0.2) is 40.9 Å². The number of methoxy groups -OCH3 is 1. The lowest BCUT2D eigenvalue weighted by Gasteiger charge is -2.28. The number of hydrogen-bond donors (Lipinski definition) is 3. The number of aryl methyl sites for hydroxylation is 1. The third-order valence-corrected chi connectivity index (χ3v) is 5.66. The molecular weight excluding hydrogens is 404 g/mol. The Morgan fingerprint density at radius 2 is 2.06 bits per heavy atom. The topological polar surface area (TPSA) is 125 Å². The maximum Gasteiger partial charge on any atom is 0.322 e. The molecule has 0 bridgehead atoms. The van der Waals surface area contributed by atoms with Crippen LogP contribution in [0.25, 0.3) is 11.1 Å². The van der Waals surface area contributed by atoms with Crippen molar-refractivity contribution in [3.05, 3.63) is 59.0 Å². The first-order valence-corrected chi connectivity index (χ1v) is 9.56. The van der Waals surface area contributed by atoms with Crippen molar-refractivity contribution in [1.29, 1.82) is 0 Å². The minimum absolute atomic E-state index is 0.112. The average molecular weight is 423 g/mol. The Bertz CT molecular complexity index is 1280. The summed E-state index contributed by atoms with van der Waals surface area (Å²) in [7, 11) is 1.52. The first-order valence-electron chi connectivity index (χ1n) is 9.56. The number of imide groups is 1. The highest BCUT2D eigenvalue weighted by Crippen LogP contribution is 2.34. The van der Waals surface area contributed by atoms with Gasteiger partial charge in [-0.05, 0) is 30.7 Å². The molecule has 31 heavy (non-hydrogen) atoms. The fourth-order valence-corrected chi connectivity index (χ4v) is 4.13. The van der Waals surface area contributed by atoms with E-state index in [2.05, 4.69) is 10.6 Å². The van der Waals surface area contributed by atoms with Crippen molar-refractivity contribution < 1.29 is 33.5 Å². The van der Waals surface area contributed by atoms with Gasteiger partial charge < -0.3 is 19.4 Å². The first-order chi connectivity index (χ1) is 14.8. The molecule has 5 rings (SSSR count). The number of ether oxygens (including phenoxy) is 1. The SMILES string of the molecule is COc1ccc2c(c1)C(=O)N(C[C@@]1(c3cc4c(cc(C)c[n+]4O)o3)NC(=O)NC1=O)C2. The molecule has 3 N–H and O–H groups in total. The summed E-state index contributed by atoms with van der Waals surface area (Å²) < 4.78 is 12.0. The van der Waals surface area contributed by atoms with E-state index in [1.165, 1.54) is 24.3 Å². The lowest BCUT2D eigenvalue weighted by molar-refractivity contribution is -0.884. The predicted molar refractivity (Wildman–Crippen MR) is 104 cm³/mol. The number of carbonyl (C=O) groups excluding carboxylic acids is 3. The molecule has 0 saturated carbocycles. The van der Waals surface area contributed by atoms with Crippen molar-refractivity contribution in [2.75, 3.05) is 13.7 Å². The van der Waals surface area contributed by atoms with Crippen molar-refractivity contribution in [2.45, 2.75) is 19.0 Å². The second-order valence-corrected chi connectivity index (χ2v) is 7.72. The normalized spacial score (nSPS) is 20.2. The molecule has 4 heterocycles. The van der Waals surface area contributed by atoms with Gasteiger partial charge in [-0.15, -0.1) is 0 Å². The van der Waals surface area contributed by atoms with Crippen LogP contribution in [0.2, 0.25) is 0 Å². The molecule has 0 spiro atoms. The van der Waals surface area contributed by atoms with Gasteiger partial charge in [-0.3, -0.25) is 20.1 Å². The van der Waals surface area contributed by atoms with Crippen molar-refractivity contribution in [3.8, 4) is 5.75 Å². The molecule has 3 aromatic rings. The zero-order chi connectivity index (χ0) is 21.9. The molecule has 4 amide bonds. The van der Waals surface area contributed by atoms with E-state index in [0.717, 1.165) is 15.9 Å². The number of nitrogens with zero attached hydrogens (tertiary/aromatic N) is 2. The molecular formula is C21H19N4O6+. The third kappa shape index (κ3) is 2.79. The van der Waals surface area contributed by atoms with Crippen LogP contribution in [0.4, 0.5) is 4.79 Å². The quantitative estimate of drug-likeness (QED) is 0.326. The Morgan fingerprint density at radius 3 is 2.77 bits per heavy atom. The summed E-state index contributed by atoms with van der Waals surface area (Å²) in [4.78, 5) is 39.5. The van der Waals surface area contributed by atoms with Crippen LogP contribution in [-0.2, 0) is 16.9 Å². The summed E-state index contributed by atoms with van der Waals surface area (Å²) in [5, 5.41) is 15.0. The summed E-state index contributed by atoms with van der Waals surface area (Å²) in [6.45, 7) is 1.90. The van der Waals surface area contributed by atoms with E-state index in [9.17, 15) is 19.6 Å². The fourth-order valence-electron chi connectivity index (χ4n) is 4.13. The van der Waals surface area contributed by atoms with Crippen LogP contribution in [0.3, 0.4) is 0 Å². The predicted octanol–water partition coefficient (Wildman–Crippen LogP) is 0.965. The number of hydrogen-bond acceptors (Lipinski definition) is 6. The second-order valence-electron chi connectivity index (χ2n) is 7.72. The molecule has 0 aliphatic carbocycles. The van der Waals surface area contributed by atoms with Gasteiger partial charge in [0.25, 0.3) is 11.8 Å². The summed E-state index contributed by atoms with van der Waals surface area (Å²) in [5.74, 6) is -0.262. The molecule has 1 aromatic carbocycles. The van der Waals surface area contributed by atoms with Gasteiger partial charge in [0.2, 0.25) is 11.8 Å². The Morgan fingerprint density at radius 1 is 1.26 bits per heavy atom. The van der Waals surface area contributed by atoms with Gasteiger partial charge in [0, 0.05) is 22.4 Å². The summed E-state index contributed by atoms with van der Waals surface area (Å²) in [5.41, 5.74) is 1.04. The summed E-state index contributed by atoms with van der Waals surface area (Å²) in [6, 6.07) is 7.70. The van der Waals surface area contributed by atoms with E-state index in [4.69, 9.17) is 9.15 Å². The average Bonchev–Trinajstić information content (AvgIpc) is 3.37. The molecule has 1 atom stereocenters. The van der Waals surface area contributed by atoms with Gasteiger partial charge >= 0.3 is 11.5 Å². The van der Waals surface area contributed by atoms with Gasteiger partial charge in [-0.2, -0.15) is 0 Å². The van der Waals surface area contributed by atoms with E-state index in [1.54, 1.807) is 31.2 Å². The number of carbonyl (C=O) groups is 3. The molecule has 158 valence electrons. The number of rotatable bonds is 4. The standard InChI is InChI=1S/C21H18N4O6/c1-11-5-16-15(25(29)8-11)7-17(31-16)21(19(27)22-20(28)23-21)10-24-9-12-3-4-13(30-2)6-14(12)18(24)26/h3-8H,9-10H2,1-2H3,(H2-,22,23,27,28,29)/p+1/t21-/m0/s1. The van der Waals surface area contributed by atoms with Crippen molar-refractivity contribution in [1.82, 2.24) is 15.5 Å². The monoisotopic (exact) mass is 423 g/mol. The number of amides is 4. The van der Waals surface area contributed by atoms with Gasteiger partial charge in [-0.1, -0.05) is 6.07 Å². The third-order valence-electron chi connectivity index (χ3n) is 5.66. The molecule has 1 saturated heterocycles. The summed E-state index contributed by atoms with van der Waals surface area (Å²) in [6.07, 6.45) is 1.50. The Labute approximate surface area is 176 Å². The Balaban J connectivity index is 1.57. The van der Waals surface area contributed by atoms with E-state index in [-0.39, 0.29) is 24.8 Å². The molecule has 10 nitrogen and oxygen atoms in total. The van der Waals surface area contributed by atoms with E-state index < -0.39 is 17.5 Å². The zero-order valence-corrected chi connectivity index (χ0v) is 16.8. The highest BCUT2D eigenvalue weighted by atomic mass is 16.5. The number of aromatic nitrogens is 1. The van der Waals surface area contributed by atoms with Crippen LogP contribution < -0.4 is 20.1 Å². The first kappa shape index (κ1) is 18.9. The van der Waals surface area contributed by atoms with Crippen LogP contribution in [-0.4, -0.2) is 41.6 Å². The van der Waals surface area contributed by atoms with Gasteiger partial charge in [0.15, 0.2) is 5.54 Å². The molecule has 0 radical (unpaired) electrons. The lowest BCUT2D eigenvalue weighted by Crippen LogP contribution is -2.52. The Kier molecular flexibility index (Phi) is 3.94. The van der Waals surface area contributed by atoms with Crippen molar-refractivity contribution in [2.24, 2.45) is 0 Å². The second kappa shape index (κ2) is 6.46. The smallest absolute Gasteiger partial charge is 0.322 e. The highest BCUT2D eigenvalue weighted by molar-refractivity contribution is 6.08. The fraction of sp³-hybridized carbons (Fsp3) is 0.238. The molecule has 2 aliphatic heterocycles. The minimum atomic E-state index is -1.64. The molecule has 0 unspecified atom stereocenters. The molecule has 10 heteroatoms. The van der Waals surface area contributed by atoms with Gasteiger partial charge in [0.1, 0.15) is 11.5 Å². The van der Waals surface area contributed by atoms with Crippen LogP contribution >= 0.6 is 0 Å². The van der Waals surface area contributed by atoms with Crippen LogP contribution in [0.1, 0.15) is 27.2 Å². The number of benzene rings is 1. The largest absolute Gasteiger partial charge is 0.497 e. The van der Waals surface area contributed by atoms with Crippen LogP contribution in [0, 0.1) is 6.92 Å². The lowest BCUT2D eigenvalue weighted by atomic mass is 9.95. The van der Waals surface area contributed by atoms with E-state index in [0.29, 0.717) is 22.4 Å². The molecule has 2 aromatic heterocycles. The van der Waals surface area contributed by atoms with Gasteiger partial charge in [0.05, 0.1) is 19.7 Å². The molecule has 1 fully saturated rings. The Hall–Kier alpha value is -4.08. The minimum Gasteiger partial charge on any atom is -0.497 e. The number of urea groups is 1. The molecule has 2 aliphatic rings. The number of fused-ring (bicyclic) bond motifs is 2. The summed E-state index contributed by atoms with van der Waals surface area (Å²) >= 11 is 0. The van der Waals surface area contributed by atoms with Crippen molar-refractivity contribution in [3.63, 3.8) is 0 Å². The number of pyridine rings is 1. The highest BCUT2D eigenvalue weighted by Gasteiger charge is 2.53. The van der Waals surface area contributed by atoms with E-state index in [1.807, 2.05) is 0 Å². The maximum absolute atomic E-state index is 13.0. The van der Waals surface area contributed by atoms with Gasteiger partial charge in [-0.25, -0.2) is 4.79 Å². The van der Waals surface area contributed by atoms with Crippen molar-refractivity contribution >= 4 is 28.9 Å². The number of furan rings is 1. The zero-order valence-electron chi connectivity index (χ0n) is 16.8. The maximum atomic E-state index is 13.0. The van der Waals surface area contributed by atoms with E-state index >= 15 is 0 Å². The van der Waals surface area contributed by atoms with Crippen LogP contribution in [0.5, 0.6) is 5.75 Å².